The Morgan fingerprint density at radius 3 is 2.42 bits per heavy atom. The van der Waals surface area contributed by atoms with Gasteiger partial charge in [-0.3, -0.25) is 14.2 Å². The van der Waals surface area contributed by atoms with E-state index in [1.165, 1.54) is 22.4 Å². The molecule has 0 atom stereocenters. The van der Waals surface area contributed by atoms with Gasteiger partial charge < -0.3 is 4.74 Å². The Labute approximate surface area is 155 Å². The molecular formula is C20H18N2O3S. The first-order valence-corrected chi connectivity index (χ1v) is 9.10. The molecule has 0 bridgehead atoms. The Kier molecular flexibility index (Phi) is 5.86. The monoisotopic (exact) mass is 366 g/mol. The smallest absolute Gasteiger partial charge is 0.316 e. The van der Waals surface area contributed by atoms with Crippen LogP contribution in [0.15, 0.2) is 76.7 Å². The number of para-hydroxylation sites is 1. The second-order valence-electron chi connectivity index (χ2n) is 5.62. The van der Waals surface area contributed by atoms with Gasteiger partial charge in [-0.1, -0.05) is 60.3 Å². The van der Waals surface area contributed by atoms with Gasteiger partial charge in [-0.2, -0.15) is 0 Å². The van der Waals surface area contributed by atoms with E-state index < -0.39 is 0 Å². The summed E-state index contributed by atoms with van der Waals surface area (Å²) in [6.45, 7) is 1.99. The van der Waals surface area contributed by atoms with E-state index in [-0.39, 0.29) is 23.9 Å². The molecule has 0 saturated heterocycles. The largest absolute Gasteiger partial charge is 0.460 e. The third kappa shape index (κ3) is 4.61. The lowest BCUT2D eigenvalue weighted by Gasteiger charge is -2.12. The molecule has 2 aromatic carbocycles. The first kappa shape index (κ1) is 17.9. The summed E-state index contributed by atoms with van der Waals surface area (Å²) < 4.78 is 6.78. The topological polar surface area (TPSA) is 61.2 Å². The van der Waals surface area contributed by atoms with Gasteiger partial charge >= 0.3 is 5.97 Å². The van der Waals surface area contributed by atoms with E-state index in [0.29, 0.717) is 16.5 Å². The minimum absolute atomic E-state index is 0.0789. The van der Waals surface area contributed by atoms with Crippen molar-refractivity contribution in [3.05, 3.63) is 88.3 Å². The van der Waals surface area contributed by atoms with Crippen molar-refractivity contribution >= 4 is 17.7 Å². The third-order valence-electron chi connectivity index (χ3n) is 3.59. The van der Waals surface area contributed by atoms with E-state index in [9.17, 15) is 9.59 Å². The molecule has 0 spiro atoms. The lowest BCUT2D eigenvalue weighted by atomic mass is 10.2. The summed E-state index contributed by atoms with van der Waals surface area (Å²) in [6.07, 6.45) is 0. The molecule has 1 heterocycles. The van der Waals surface area contributed by atoms with Crippen molar-refractivity contribution in [3.8, 4) is 5.69 Å². The Morgan fingerprint density at radius 1 is 1.08 bits per heavy atom. The van der Waals surface area contributed by atoms with Crippen molar-refractivity contribution in [1.82, 2.24) is 9.55 Å². The highest BCUT2D eigenvalue weighted by atomic mass is 32.2. The van der Waals surface area contributed by atoms with E-state index in [1.807, 2.05) is 60.7 Å². The molecule has 0 aliphatic carbocycles. The molecule has 0 aliphatic rings. The van der Waals surface area contributed by atoms with Crippen LogP contribution in [0.2, 0.25) is 0 Å². The minimum Gasteiger partial charge on any atom is -0.460 e. The number of ether oxygens (including phenoxy) is 1. The number of aromatic nitrogens is 2. The molecule has 0 fully saturated rings. The summed E-state index contributed by atoms with van der Waals surface area (Å²) in [7, 11) is 0. The van der Waals surface area contributed by atoms with Gasteiger partial charge in [-0.05, 0) is 24.6 Å². The molecule has 0 amide bonds. The number of thioether (sulfide) groups is 1. The Morgan fingerprint density at radius 2 is 1.73 bits per heavy atom. The van der Waals surface area contributed by atoms with Gasteiger partial charge in [0, 0.05) is 11.8 Å². The summed E-state index contributed by atoms with van der Waals surface area (Å²) in [6, 6.07) is 20.2. The summed E-state index contributed by atoms with van der Waals surface area (Å²) in [4.78, 5) is 28.9. The Hall–Kier alpha value is -2.86. The fourth-order valence-corrected chi connectivity index (χ4v) is 3.25. The van der Waals surface area contributed by atoms with E-state index in [1.54, 1.807) is 6.92 Å². The zero-order valence-electron chi connectivity index (χ0n) is 14.3. The van der Waals surface area contributed by atoms with Crippen molar-refractivity contribution in [2.75, 3.05) is 5.75 Å². The van der Waals surface area contributed by atoms with Crippen LogP contribution >= 0.6 is 11.8 Å². The molecule has 26 heavy (non-hydrogen) atoms. The lowest BCUT2D eigenvalue weighted by molar-refractivity contribution is -0.141. The van der Waals surface area contributed by atoms with Gasteiger partial charge in [0.1, 0.15) is 6.61 Å². The van der Waals surface area contributed by atoms with Gasteiger partial charge in [0.15, 0.2) is 5.16 Å². The zero-order valence-corrected chi connectivity index (χ0v) is 15.1. The number of carbonyl (C=O) groups excluding carboxylic acids is 1. The van der Waals surface area contributed by atoms with Gasteiger partial charge in [0.2, 0.25) is 0 Å². The number of esters is 1. The maximum Gasteiger partial charge on any atom is 0.316 e. The number of hydrogen-bond acceptors (Lipinski definition) is 5. The molecule has 1 aromatic heterocycles. The van der Waals surface area contributed by atoms with Crippen LogP contribution in [-0.2, 0) is 16.1 Å². The fourth-order valence-electron chi connectivity index (χ4n) is 2.39. The summed E-state index contributed by atoms with van der Waals surface area (Å²) in [5.41, 5.74) is 2.08. The minimum atomic E-state index is -0.353. The summed E-state index contributed by atoms with van der Waals surface area (Å²) >= 11 is 1.19. The molecule has 6 heteroatoms. The van der Waals surface area contributed by atoms with Crippen LogP contribution in [0.25, 0.3) is 5.69 Å². The molecule has 3 rings (SSSR count). The van der Waals surface area contributed by atoms with Crippen LogP contribution in [0.5, 0.6) is 0 Å². The molecule has 132 valence electrons. The van der Waals surface area contributed by atoms with Crippen LogP contribution < -0.4 is 5.56 Å². The van der Waals surface area contributed by atoms with Gasteiger partial charge in [0.05, 0.1) is 11.4 Å². The van der Waals surface area contributed by atoms with Gasteiger partial charge in [0.25, 0.3) is 5.56 Å². The molecule has 0 unspecified atom stereocenters. The second-order valence-corrected chi connectivity index (χ2v) is 6.57. The normalized spacial score (nSPS) is 10.5. The molecular weight excluding hydrogens is 348 g/mol. The molecule has 3 aromatic rings. The second kappa shape index (κ2) is 8.49. The lowest BCUT2D eigenvalue weighted by Crippen LogP contribution is -2.21. The average Bonchev–Trinajstić information content (AvgIpc) is 2.66. The summed E-state index contributed by atoms with van der Waals surface area (Å²) in [5.74, 6) is -0.274. The predicted molar refractivity (Wildman–Crippen MR) is 102 cm³/mol. The maximum atomic E-state index is 12.4. The molecule has 5 nitrogen and oxygen atoms in total. The third-order valence-corrected chi connectivity index (χ3v) is 4.50. The van der Waals surface area contributed by atoms with E-state index in [4.69, 9.17) is 4.74 Å². The maximum absolute atomic E-state index is 12.4. The van der Waals surface area contributed by atoms with Crippen molar-refractivity contribution in [2.24, 2.45) is 0 Å². The predicted octanol–water partition coefficient (Wildman–Crippen LogP) is 3.38. The van der Waals surface area contributed by atoms with Crippen molar-refractivity contribution in [3.63, 3.8) is 0 Å². The van der Waals surface area contributed by atoms with Crippen LogP contribution in [0.4, 0.5) is 0 Å². The molecule has 0 N–H and O–H groups in total. The fraction of sp³-hybridized carbons (Fsp3) is 0.150. The number of carbonyl (C=O) groups is 1. The number of rotatable bonds is 6. The van der Waals surface area contributed by atoms with Crippen molar-refractivity contribution < 1.29 is 9.53 Å². The highest BCUT2D eigenvalue weighted by Gasteiger charge is 2.13. The molecule has 0 radical (unpaired) electrons. The quantitative estimate of drug-likeness (QED) is 0.380. The Balaban J connectivity index is 1.71. The molecule has 0 saturated carbocycles. The van der Waals surface area contributed by atoms with Crippen molar-refractivity contribution in [1.29, 1.82) is 0 Å². The van der Waals surface area contributed by atoms with Crippen LogP contribution in [0, 0.1) is 6.92 Å². The Bertz CT molecular complexity index is 940. The number of nitrogens with zero attached hydrogens (tertiary/aromatic N) is 2. The van der Waals surface area contributed by atoms with Crippen LogP contribution in [0.3, 0.4) is 0 Å². The molecule has 0 aliphatic heterocycles. The zero-order chi connectivity index (χ0) is 18.4. The van der Waals surface area contributed by atoms with E-state index in [2.05, 4.69) is 4.98 Å². The van der Waals surface area contributed by atoms with Crippen LogP contribution in [-0.4, -0.2) is 21.3 Å². The number of aryl methyl sites for hydroxylation is 1. The first-order valence-electron chi connectivity index (χ1n) is 8.12. The highest BCUT2D eigenvalue weighted by Crippen LogP contribution is 2.19. The van der Waals surface area contributed by atoms with E-state index >= 15 is 0 Å². The van der Waals surface area contributed by atoms with Gasteiger partial charge in [-0.15, -0.1) is 0 Å². The SMILES string of the molecule is Cc1cc(=O)n(-c2ccccc2)c(SCC(=O)OCc2ccccc2)n1. The summed E-state index contributed by atoms with van der Waals surface area (Å²) in [5, 5.41) is 0.470. The standard InChI is InChI=1S/C20H18N2O3S/c1-15-12-18(23)22(17-10-6-3-7-11-17)20(21-15)26-14-19(24)25-13-16-8-4-2-5-9-16/h2-12H,13-14H2,1H3. The highest BCUT2D eigenvalue weighted by molar-refractivity contribution is 7.99. The van der Waals surface area contributed by atoms with Crippen molar-refractivity contribution in [2.45, 2.75) is 18.7 Å². The van der Waals surface area contributed by atoms with E-state index in [0.717, 1.165) is 5.56 Å². The number of benzene rings is 2. The first-order chi connectivity index (χ1) is 12.6. The van der Waals surface area contributed by atoms with Crippen LogP contribution in [0.1, 0.15) is 11.3 Å². The number of hydrogen-bond donors (Lipinski definition) is 0. The van der Waals surface area contributed by atoms with Gasteiger partial charge in [-0.25, -0.2) is 4.98 Å². The average molecular weight is 366 g/mol.